The molecule has 29 heavy (non-hydrogen) atoms. The predicted molar refractivity (Wildman–Crippen MR) is 122 cm³/mol. The molecule has 2 aliphatic rings. The van der Waals surface area contributed by atoms with E-state index in [2.05, 4.69) is 42.8 Å². The van der Waals surface area contributed by atoms with Crippen molar-refractivity contribution in [2.24, 2.45) is 0 Å². The molecule has 0 amide bonds. The highest BCUT2D eigenvalue weighted by Crippen LogP contribution is 2.34. The first-order valence-corrected chi connectivity index (χ1v) is 12.3. The average Bonchev–Trinajstić information content (AvgIpc) is 3.08. The Morgan fingerprint density at radius 3 is 2.79 bits per heavy atom. The van der Waals surface area contributed by atoms with E-state index in [0.29, 0.717) is 6.04 Å². The van der Waals surface area contributed by atoms with Crippen LogP contribution in [0, 0.1) is 0 Å². The first-order chi connectivity index (χ1) is 14.3. The molecule has 2 saturated heterocycles. The molecule has 0 aliphatic carbocycles. The summed E-state index contributed by atoms with van der Waals surface area (Å²) in [5.74, 6) is 2.58. The van der Waals surface area contributed by atoms with Crippen LogP contribution in [-0.2, 0) is 0 Å². The summed E-state index contributed by atoms with van der Waals surface area (Å²) in [6, 6.07) is 10.1. The number of rotatable bonds is 3. The second-order valence-corrected chi connectivity index (χ2v) is 9.88. The van der Waals surface area contributed by atoms with Crippen molar-refractivity contribution in [2.45, 2.75) is 25.3 Å². The van der Waals surface area contributed by atoms with Gasteiger partial charge in [0, 0.05) is 54.0 Å². The highest BCUT2D eigenvalue weighted by Gasteiger charge is 2.26. The van der Waals surface area contributed by atoms with Crippen molar-refractivity contribution in [2.75, 3.05) is 42.6 Å². The number of piperidine rings is 1. The molecule has 1 N–H and O–H groups in total. The molecular weight excluding hydrogens is 402 g/mol. The summed E-state index contributed by atoms with van der Waals surface area (Å²) in [7, 11) is 0. The SMILES string of the molecule is O=c1ccc2c(-c3nnc(N4CCC(N5CCCSCC5)CC4)s3)cccc2[nH]1. The normalized spacial score (nSPS) is 19.5. The van der Waals surface area contributed by atoms with E-state index in [1.807, 2.05) is 18.2 Å². The van der Waals surface area contributed by atoms with Gasteiger partial charge in [-0.2, -0.15) is 11.8 Å². The first-order valence-electron chi connectivity index (χ1n) is 10.3. The smallest absolute Gasteiger partial charge is 0.248 e. The molecule has 2 fully saturated rings. The Balaban J connectivity index is 1.31. The monoisotopic (exact) mass is 427 g/mol. The number of fused-ring (bicyclic) bond motifs is 1. The van der Waals surface area contributed by atoms with Gasteiger partial charge >= 0.3 is 0 Å². The lowest BCUT2D eigenvalue weighted by molar-refractivity contribution is 0.182. The Kier molecular flexibility index (Phi) is 5.56. The maximum absolute atomic E-state index is 11.6. The minimum atomic E-state index is -0.0847. The van der Waals surface area contributed by atoms with Crippen LogP contribution in [0.15, 0.2) is 35.1 Å². The zero-order valence-electron chi connectivity index (χ0n) is 16.3. The van der Waals surface area contributed by atoms with E-state index in [-0.39, 0.29) is 5.56 Å². The van der Waals surface area contributed by atoms with E-state index >= 15 is 0 Å². The lowest BCUT2D eigenvalue weighted by atomic mass is 10.0. The first kappa shape index (κ1) is 19.1. The molecule has 0 atom stereocenters. The molecule has 5 rings (SSSR count). The van der Waals surface area contributed by atoms with Crippen molar-refractivity contribution in [3.8, 4) is 10.6 Å². The molecule has 4 heterocycles. The van der Waals surface area contributed by atoms with E-state index < -0.39 is 0 Å². The van der Waals surface area contributed by atoms with Crippen molar-refractivity contribution in [1.82, 2.24) is 20.1 Å². The van der Waals surface area contributed by atoms with Gasteiger partial charge in [0.05, 0.1) is 0 Å². The van der Waals surface area contributed by atoms with Crippen LogP contribution in [0.5, 0.6) is 0 Å². The lowest BCUT2D eigenvalue weighted by Gasteiger charge is -2.37. The summed E-state index contributed by atoms with van der Waals surface area (Å²) in [6.07, 6.45) is 3.73. The van der Waals surface area contributed by atoms with Crippen LogP contribution in [0.25, 0.3) is 21.5 Å². The number of H-pyrrole nitrogens is 1. The van der Waals surface area contributed by atoms with Gasteiger partial charge in [-0.1, -0.05) is 23.5 Å². The molecule has 0 spiro atoms. The number of anilines is 1. The van der Waals surface area contributed by atoms with E-state index in [1.54, 1.807) is 17.4 Å². The van der Waals surface area contributed by atoms with Gasteiger partial charge in [0.1, 0.15) is 5.01 Å². The fourth-order valence-electron chi connectivity index (χ4n) is 4.38. The second-order valence-electron chi connectivity index (χ2n) is 7.70. The number of nitrogens with zero attached hydrogens (tertiary/aromatic N) is 4. The van der Waals surface area contributed by atoms with E-state index in [1.165, 1.54) is 43.9 Å². The van der Waals surface area contributed by atoms with E-state index in [4.69, 9.17) is 0 Å². The average molecular weight is 428 g/mol. The number of aromatic nitrogens is 3. The third kappa shape index (κ3) is 4.06. The minimum Gasteiger partial charge on any atom is -0.347 e. The number of nitrogens with one attached hydrogen (secondary N) is 1. The number of hydrogen-bond donors (Lipinski definition) is 1. The van der Waals surface area contributed by atoms with Gasteiger partial charge in [-0.25, -0.2) is 0 Å². The van der Waals surface area contributed by atoms with Gasteiger partial charge in [0.2, 0.25) is 10.7 Å². The molecule has 2 aliphatic heterocycles. The molecule has 0 radical (unpaired) electrons. The maximum Gasteiger partial charge on any atom is 0.248 e. The summed E-state index contributed by atoms with van der Waals surface area (Å²) < 4.78 is 0. The van der Waals surface area contributed by atoms with Gasteiger partial charge < -0.3 is 9.88 Å². The summed E-state index contributed by atoms with van der Waals surface area (Å²) in [5.41, 5.74) is 1.78. The Labute approximate surface area is 178 Å². The Bertz CT molecular complexity index is 1030. The van der Waals surface area contributed by atoms with Gasteiger partial charge in [0.25, 0.3) is 0 Å². The summed E-state index contributed by atoms with van der Waals surface area (Å²) >= 11 is 3.74. The lowest BCUT2D eigenvalue weighted by Crippen LogP contribution is -2.45. The number of thioether (sulfide) groups is 1. The van der Waals surface area contributed by atoms with Gasteiger partial charge in [-0.05, 0) is 43.7 Å². The van der Waals surface area contributed by atoms with Gasteiger partial charge in [-0.3, -0.25) is 9.69 Å². The Morgan fingerprint density at radius 1 is 1.00 bits per heavy atom. The fraction of sp³-hybridized carbons (Fsp3) is 0.476. The van der Waals surface area contributed by atoms with Crippen LogP contribution >= 0.6 is 23.1 Å². The molecule has 3 aromatic rings. The molecule has 0 saturated carbocycles. The van der Waals surface area contributed by atoms with Crippen molar-refractivity contribution >= 4 is 39.1 Å². The fourth-order valence-corrected chi connectivity index (χ4v) is 6.22. The summed E-state index contributed by atoms with van der Waals surface area (Å²) in [6.45, 7) is 4.59. The molecule has 0 bridgehead atoms. The molecule has 0 unspecified atom stereocenters. The molecule has 152 valence electrons. The third-order valence-corrected chi connectivity index (χ3v) is 7.98. The van der Waals surface area contributed by atoms with Crippen LogP contribution in [0.3, 0.4) is 0 Å². The van der Waals surface area contributed by atoms with Crippen LogP contribution < -0.4 is 10.5 Å². The summed E-state index contributed by atoms with van der Waals surface area (Å²) in [4.78, 5) is 19.6. The number of benzene rings is 1. The number of aromatic amines is 1. The Morgan fingerprint density at radius 2 is 1.90 bits per heavy atom. The molecule has 2 aromatic heterocycles. The predicted octanol–water partition coefficient (Wildman–Crippen LogP) is 3.45. The molecule has 1 aromatic carbocycles. The quantitative estimate of drug-likeness (QED) is 0.691. The third-order valence-electron chi connectivity index (χ3n) is 5.92. The second kappa shape index (κ2) is 8.45. The minimum absolute atomic E-state index is 0.0847. The maximum atomic E-state index is 11.6. The summed E-state index contributed by atoms with van der Waals surface area (Å²) in [5, 5.41) is 11.9. The van der Waals surface area contributed by atoms with Crippen molar-refractivity contribution in [3.63, 3.8) is 0 Å². The number of pyridine rings is 1. The zero-order chi connectivity index (χ0) is 19.6. The van der Waals surface area contributed by atoms with Crippen LogP contribution in [-0.4, -0.2) is 63.8 Å². The Hall–Kier alpha value is -1.90. The highest BCUT2D eigenvalue weighted by atomic mass is 32.2. The zero-order valence-corrected chi connectivity index (χ0v) is 18.0. The van der Waals surface area contributed by atoms with Gasteiger partial charge in [-0.15, -0.1) is 10.2 Å². The number of hydrogen-bond acceptors (Lipinski definition) is 7. The van der Waals surface area contributed by atoms with Crippen molar-refractivity contribution in [3.05, 3.63) is 40.7 Å². The van der Waals surface area contributed by atoms with Crippen LogP contribution in [0.1, 0.15) is 19.3 Å². The molecular formula is C21H25N5OS2. The molecule has 6 nitrogen and oxygen atoms in total. The van der Waals surface area contributed by atoms with Gasteiger partial charge in [0.15, 0.2) is 0 Å². The standard InChI is InChI=1S/C21H25N5OS2/c27-19-6-5-16-17(3-1-4-18(16)22-19)20-23-24-21(29-20)26-10-7-15(8-11-26)25-9-2-13-28-14-12-25/h1,3-6,15H,2,7-14H2,(H,22,27). The van der Waals surface area contributed by atoms with Crippen LogP contribution in [0.2, 0.25) is 0 Å². The largest absolute Gasteiger partial charge is 0.347 e. The topological polar surface area (TPSA) is 65.1 Å². The van der Waals surface area contributed by atoms with Crippen molar-refractivity contribution < 1.29 is 0 Å². The molecule has 8 heteroatoms. The van der Waals surface area contributed by atoms with E-state index in [9.17, 15) is 4.79 Å². The highest BCUT2D eigenvalue weighted by molar-refractivity contribution is 7.99. The van der Waals surface area contributed by atoms with Crippen LogP contribution in [0.4, 0.5) is 5.13 Å². The van der Waals surface area contributed by atoms with Crippen molar-refractivity contribution in [1.29, 1.82) is 0 Å². The van der Waals surface area contributed by atoms with E-state index in [0.717, 1.165) is 39.7 Å².